The maximum absolute atomic E-state index is 14.6. The number of hydrogen-bond donors (Lipinski definition) is 1. The lowest BCUT2D eigenvalue weighted by atomic mass is 9.80. The second kappa shape index (κ2) is 17.3. The van der Waals surface area contributed by atoms with Crippen molar-refractivity contribution in [3.8, 4) is 5.75 Å². The van der Waals surface area contributed by atoms with Crippen LogP contribution in [0.25, 0.3) is 0 Å². The first-order valence-electron chi connectivity index (χ1n) is 17.6. The van der Waals surface area contributed by atoms with Crippen molar-refractivity contribution < 1.29 is 58.2 Å². The van der Waals surface area contributed by atoms with Crippen LogP contribution < -0.4 is 14.5 Å². The van der Waals surface area contributed by atoms with E-state index in [-0.39, 0.29) is 53.4 Å². The van der Waals surface area contributed by atoms with Crippen LogP contribution >= 0.6 is 0 Å². The van der Waals surface area contributed by atoms with Crippen molar-refractivity contribution in [3.05, 3.63) is 76.6 Å². The van der Waals surface area contributed by atoms with Gasteiger partial charge in [-0.15, -0.1) is 0 Å². The molecule has 0 radical (unpaired) electrons. The number of sulfone groups is 1. The van der Waals surface area contributed by atoms with Gasteiger partial charge in [0, 0.05) is 50.5 Å². The molecular formula is C37H44F8N4O5S. The second-order valence-corrected chi connectivity index (χ2v) is 16.4. The van der Waals surface area contributed by atoms with Gasteiger partial charge in [0.25, 0.3) is 5.92 Å². The summed E-state index contributed by atoms with van der Waals surface area (Å²) < 4.78 is 142. The van der Waals surface area contributed by atoms with Gasteiger partial charge in [-0.05, 0) is 98.9 Å². The molecule has 0 amide bonds. The summed E-state index contributed by atoms with van der Waals surface area (Å²) in [5.41, 5.74) is -3.00. The Morgan fingerprint density at radius 3 is 2.02 bits per heavy atom. The molecule has 304 valence electrons. The van der Waals surface area contributed by atoms with Crippen LogP contribution in [0.1, 0.15) is 86.7 Å². The zero-order valence-electron chi connectivity index (χ0n) is 30.7. The molecule has 0 saturated heterocycles. The fourth-order valence-electron chi connectivity index (χ4n) is 6.67. The summed E-state index contributed by atoms with van der Waals surface area (Å²) in [5.74, 6) is -4.91. The van der Waals surface area contributed by atoms with Crippen LogP contribution in [0.5, 0.6) is 5.75 Å². The molecule has 2 aromatic carbocycles. The van der Waals surface area contributed by atoms with E-state index in [4.69, 9.17) is 4.74 Å². The molecule has 1 saturated carbocycles. The van der Waals surface area contributed by atoms with Gasteiger partial charge in [0.2, 0.25) is 5.95 Å². The Kier molecular flexibility index (Phi) is 13.7. The summed E-state index contributed by atoms with van der Waals surface area (Å²) in [5, 5.41) is 9.20. The molecule has 0 bridgehead atoms. The molecule has 4 rings (SSSR count). The fourth-order valence-corrected chi connectivity index (χ4v) is 7.06. The smallest absolute Gasteiger partial charge is 0.416 e. The van der Waals surface area contributed by atoms with Crippen molar-refractivity contribution in [2.24, 2.45) is 11.8 Å². The number of benzene rings is 2. The molecule has 18 heteroatoms. The minimum atomic E-state index is -5.01. The van der Waals surface area contributed by atoms with Crippen LogP contribution in [0.15, 0.2) is 48.8 Å². The van der Waals surface area contributed by atoms with Gasteiger partial charge in [-0.3, -0.25) is 4.79 Å². The van der Waals surface area contributed by atoms with Gasteiger partial charge in [-0.2, -0.15) is 26.3 Å². The minimum absolute atomic E-state index is 0.0287. The van der Waals surface area contributed by atoms with Crippen molar-refractivity contribution in [1.29, 1.82) is 0 Å². The Morgan fingerprint density at radius 1 is 0.909 bits per heavy atom. The fraction of sp³-hybridized carbons (Fsp3) is 0.541. The lowest BCUT2D eigenvalue weighted by molar-refractivity contribution is -0.139. The van der Waals surface area contributed by atoms with E-state index >= 15 is 0 Å². The standard InChI is InChI=1S/C37H44F8N4O5S/c1-5-48(21-25-8-6-24(7-9-25)14-33(50)51)32-11-10-28(36(40,41)42)17-27(32)22-49(34-46-19-31(20-47-34)54-12-13-55(4,52)53)23(2)26-15-29(35(3,38)39)18-30(16-26)37(43,44)45/h10-11,15-20,23-25H,5-9,12-14,21-22H2,1-4H3,(H,50,51)/t23-,24-,25-/m1/s1. The van der Waals surface area contributed by atoms with E-state index in [2.05, 4.69) is 9.97 Å². The highest BCUT2D eigenvalue weighted by Gasteiger charge is 2.37. The predicted molar refractivity (Wildman–Crippen MR) is 190 cm³/mol. The number of rotatable bonds is 16. The lowest BCUT2D eigenvalue weighted by Crippen LogP contribution is -2.34. The third-order valence-corrected chi connectivity index (χ3v) is 10.6. The Hall–Kier alpha value is -4.22. The Balaban J connectivity index is 1.80. The molecule has 3 aromatic rings. The maximum atomic E-state index is 14.6. The normalized spacial score (nSPS) is 17.5. The number of alkyl halides is 8. The number of carboxylic acids is 1. The predicted octanol–water partition coefficient (Wildman–Crippen LogP) is 8.92. The van der Waals surface area contributed by atoms with Crippen LogP contribution in [-0.4, -0.2) is 61.2 Å². The molecule has 9 nitrogen and oxygen atoms in total. The number of anilines is 2. The Labute approximate surface area is 314 Å². The van der Waals surface area contributed by atoms with Crippen LogP contribution in [0.3, 0.4) is 0 Å². The number of halogens is 8. The quantitative estimate of drug-likeness (QED) is 0.142. The SMILES string of the molecule is CCN(C[C@H]1CC[C@H](CC(=O)O)CC1)c1ccc(C(F)(F)F)cc1CN(c1ncc(OCCS(C)(=O)=O)cn1)[C@H](C)c1cc(C(C)(F)F)cc(C(F)(F)F)c1. The van der Waals surface area contributed by atoms with Crippen LogP contribution in [0.4, 0.5) is 46.8 Å². The summed E-state index contributed by atoms with van der Waals surface area (Å²) in [6.45, 7) is 3.80. The van der Waals surface area contributed by atoms with E-state index < -0.39 is 63.4 Å². The third kappa shape index (κ3) is 12.4. The monoisotopic (exact) mass is 808 g/mol. The summed E-state index contributed by atoms with van der Waals surface area (Å²) in [6.07, 6.45) is -3.61. The molecule has 1 fully saturated rings. The molecule has 1 heterocycles. The largest absolute Gasteiger partial charge is 0.489 e. The third-order valence-electron chi connectivity index (χ3n) is 9.71. The van der Waals surface area contributed by atoms with Gasteiger partial charge in [0.15, 0.2) is 15.6 Å². The number of aliphatic carboxylic acids is 1. The summed E-state index contributed by atoms with van der Waals surface area (Å²) in [6, 6.07) is 3.91. The molecule has 1 aromatic heterocycles. The van der Waals surface area contributed by atoms with Gasteiger partial charge in [-0.25, -0.2) is 27.2 Å². The van der Waals surface area contributed by atoms with Crippen LogP contribution in [0, 0.1) is 11.8 Å². The summed E-state index contributed by atoms with van der Waals surface area (Å²) in [4.78, 5) is 22.9. The summed E-state index contributed by atoms with van der Waals surface area (Å²) >= 11 is 0. The van der Waals surface area contributed by atoms with Crippen molar-refractivity contribution in [2.75, 3.05) is 41.5 Å². The van der Waals surface area contributed by atoms with Crippen molar-refractivity contribution in [3.63, 3.8) is 0 Å². The lowest BCUT2D eigenvalue weighted by Gasteiger charge is -2.36. The molecule has 1 N–H and O–H groups in total. The Bertz CT molecular complexity index is 1850. The van der Waals surface area contributed by atoms with Gasteiger partial charge >= 0.3 is 18.3 Å². The molecule has 1 atom stereocenters. The summed E-state index contributed by atoms with van der Waals surface area (Å²) in [7, 11) is -3.38. The first-order chi connectivity index (χ1) is 25.4. The zero-order valence-corrected chi connectivity index (χ0v) is 31.5. The topological polar surface area (TPSA) is 113 Å². The van der Waals surface area contributed by atoms with Gasteiger partial charge in [0.1, 0.15) is 6.61 Å². The number of carboxylic acid groups (broad SMARTS) is 1. The van der Waals surface area contributed by atoms with Crippen molar-refractivity contribution in [1.82, 2.24) is 9.97 Å². The number of hydrogen-bond acceptors (Lipinski definition) is 8. The van der Waals surface area contributed by atoms with E-state index in [1.807, 2.05) is 11.8 Å². The molecule has 0 aliphatic heterocycles. The van der Waals surface area contributed by atoms with Crippen molar-refractivity contribution in [2.45, 2.75) is 83.7 Å². The number of aromatic nitrogens is 2. The first-order valence-corrected chi connectivity index (χ1v) is 19.7. The molecule has 0 unspecified atom stereocenters. The van der Waals surface area contributed by atoms with Crippen LogP contribution in [0.2, 0.25) is 0 Å². The van der Waals surface area contributed by atoms with E-state index in [1.165, 1.54) is 17.9 Å². The molecule has 1 aliphatic rings. The van der Waals surface area contributed by atoms with Crippen molar-refractivity contribution >= 4 is 27.4 Å². The minimum Gasteiger partial charge on any atom is -0.489 e. The highest BCUT2D eigenvalue weighted by Crippen LogP contribution is 2.40. The zero-order chi connectivity index (χ0) is 40.9. The maximum Gasteiger partial charge on any atom is 0.416 e. The van der Waals surface area contributed by atoms with E-state index in [0.29, 0.717) is 63.5 Å². The molecule has 0 spiro atoms. The number of carbonyl (C=O) groups is 1. The van der Waals surface area contributed by atoms with Crippen LogP contribution in [-0.2, 0) is 39.5 Å². The number of nitrogens with zero attached hydrogens (tertiary/aromatic N) is 4. The van der Waals surface area contributed by atoms with E-state index in [0.717, 1.165) is 36.8 Å². The number of ether oxygens (including phenoxy) is 1. The average Bonchev–Trinajstić information content (AvgIpc) is 3.08. The Morgan fingerprint density at radius 2 is 1.49 bits per heavy atom. The van der Waals surface area contributed by atoms with E-state index in [9.17, 15) is 53.4 Å². The average molecular weight is 809 g/mol. The van der Waals surface area contributed by atoms with E-state index in [1.54, 1.807) is 0 Å². The molecular weight excluding hydrogens is 764 g/mol. The highest BCUT2D eigenvalue weighted by molar-refractivity contribution is 7.90. The second-order valence-electron chi connectivity index (χ2n) is 14.1. The molecule has 55 heavy (non-hydrogen) atoms. The highest BCUT2D eigenvalue weighted by atomic mass is 32.2. The first kappa shape index (κ1) is 43.5. The van der Waals surface area contributed by atoms with Gasteiger partial charge in [-0.1, -0.05) is 0 Å². The van der Waals surface area contributed by atoms with Gasteiger partial charge in [0.05, 0.1) is 35.3 Å². The molecule has 1 aliphatic carbocycles. The van der Waals surface area contributed by atoms with Gasteiger partial charge < -0.3 is 19.6 Å².